The normalized spacial score (nSPS) is 14.4. The number of thiazole rings is 1. The van der Waals surface area contributed by atoms with E-state index in [-0.39, 0.29) is 17.1 Å². The number of Topliss-reactive ketones (excluding diaryl/α,β-unsaturated/α-hetero) is 2. The maximum Gasteiger partial charge on any atom is 0.197 e. The zero-order chi connectivity index (χ0) is 25.3. The summed E-state index contributed by atoms with van der Waals surface area (Å²) in [6.07, 6.45) is 1.69. The lowest BCUT2D eigenvalue weighted by Crippen LogP contribution is -2.03. The number of carbonyl (C=O) groups is 2. The van der Waals surface area contributed by atoms with Gasteiger partial charge in [0.1, 0.15) is 5.01 Å². The van der Waals surface area contributed by atoms with Gasteiger partial charge in [0.05, 0.1) is 25.9 Å². The summed E-state index contributed by atoms with van der Waals surface area (Å²) in [5.74, 6) is -0.584. The minimum Gasteiger partial charge on any atom is -0.294 e. The number of nitrogens with zero attached hydrogens (tertiary/aromatic N) is 2. The van der Waals surface area contributed by atoms with Crippen molar-refractivity contribution in [2.75, 3.05) is 0 Å². The second-order valence-electron chi connectivity index (χ2n) is 8.62. The van der Waals surface area contributed by atoms with Crippen LogP contribution in [0.4, 0.5) is 0 Å². The lowest BCUT2D eigenvalue weighted by atomic mass is 10.1. The van der Waals surface area contributed by atoms with Crippen LogP contribution in [0.3, 0.4) is 0 Å². The Balaban J connectivity index is 1.40. The molecule has 8 heteroatoms. The molecule has 1 aliphatic carbocycles. The number of hydrogen-bond donors (Lipinski definition) is 0. The van der Waals surface area contributed by atoms with Crippen molar-refractivity contribution in [1.82, 2.24) is 9.55 Å². The highest BCUT2D eigenvalue weighted by molar-refractivity contribution is 14.1. The van der Waals surface area contributed by atoms with Crippen LogP contribution >= 0.6 is 56.9 Å². The van der Waals surface area contributed by atoms with Crippen molar-refractivity contribution in [2.45, 2.75) is 0 Å². The zero-order valence-corrected chi connectivity index (χ0v) is 23.4. The van der Waals surface area contributed by atoms with Gasteiger partial charge in [0.15, 0.2) is 17.2 Å². The molecule has 178 valence electrons. The van der Waals surface area contributed by atoms with Gasteiger partial charge in [-0.25, -0.2) is 4.98 Å². The average molecular weight is 649 g/mol. The van der Waals surface area contributed by atoms with Crippen molar-refractivity contribution >= 4 is 94.9 Å². The first-order chi connectivity index (χ1) is 18.0. The summed E-state index contributed by atoms with van der Waals surface area (Å²) in [6, 6.07) is 25.6. The van der Waals surface area contributed by atoms with E-state index in [9.17, 15) is 9.59 Å². The van der Waals surface area contributed by atoms with E-state index in [4.69, 9.17) is 16.6 Å². The van der Waals surface area contributed by atoms with E-state index in [1.807, 2.05) is 53.1 Å². The number of hydrogen-bond acceptors (Lipinski definition) is 5. The smallest absolute Gasteiger partial charge is 0.197 e. The van der Waals surface area contributed by atoms with Gasteiger partial charge >= 0.3 is 0 Å². The van der Waals surface area contributed by atoms with E-state index in [2.05, 4.69) is 40.8 Å². The topological polar surface area (TPSA) is 52.0 Å². The molecule has 3 heterocycles. The maximum atomic E-state index is 13.2. The number of rotatable bonds is 3. The predicted molar refractivity (Wildman–Crippen MR) is 161 cm³/mol. The minimum absolute atomic E-state index is 0.139. The summed E-state index contributed by atoms with van der Waals surface area (Å²) < 4.78 is 4.96. The second kappa shape index (κ2) is 8.73. The van der Waals surface area contributed by atoms with Crippen molar-refractivity contribution in [3.05, 3.63) is 110 Å². The Morgan fingerprint density at radius 2 is 1.57 bits per heavy atom. The lowest BCUT2D eigenvalue weighted by Gasteiger charge is -2.07. The van der Waals surface area contributed by atoms with Crippen LogP contribution in [0.5, 0.6) is 0 Å². The number of ketones is 2. The highest BCUT2D eigenvalue weighted by Gasteiger charge is 2.34. The Morgan fingerprint density at radius 1 is 0.838 bits per heavy atom. The summed E-state index contributed by atoms with van der Waals surface area (Å²) in [5.41, 5.74) is 3.32. The highest BCUT2D eigenvalue weighted by atomic mass is 127. The molecule has 0 saturated carbocycles. The van der Waals surface area contributed by atoms with Crippen LogP contribution in [0.25, 0.3) is 42.1 Å². The maximum absolute atomic E-state index is 13.2. The van der Waals surface area contributed by atoms with Gasteiger partial charge in [-0.3, -0.25) is 14.2 Å². The molecule has 0 radical (unpaired) electrons. The van der Waals surface area contributed by atoms with Crippen LogP contribution in [0.1, 0.15) is 26.4 Å². The molecular weight excluding hydrogens is 635 g/mol. The van der Waals surface area contributed by atoms with Gasteiger partial charge in [0.2, 0.25) is 0 Å². The van der Waals surface area contributed by atoms with Gasteiger partial charge in [-0.1, -0.05) is 48.0 Å². The van der Waals surface area contributed by atoms with Crippen molar-refractivity contribution in [3.63, 3.8) is 0 Å². The molecule has 7 rings (SSSR count). The van der Waals surface area contributed by atoms with Crippen molar-refractivity contribution in [1.29, 1.82) is 0 Å². The molecule has 0 unspecified atom stereocenters. The number of benzene rings is 3. The summed E-state index contributed by atoms with van der Waals surface area (Å²) in [7, 11) is 0. The first-order valence-corrected chi connectivity index (χ1v) is 14.4. The van der Waals surface area contributed by atoms with Crippen LogP contribution in [-0.2, 0) is 0 Å². The Labute approximate surface area is 238 Å². The van der Waals surface area contributed by atoms with Gasteiger partial charge in [0.25, 0.3) is 0 Å². The highest BCUT2D eigenvalue weighted by Crippen LogP contribution is 2.40. The average Bonchev–Trinajstić information content (AvgIpc) is 3.64. The van der Waals surface area contributed by atoms with E-state index < -0.39 is 0 Å². The van der Waals surface area contributed by atoms with Gasteiger partial charge < -0.3 is 0 Å². The Hall–Kier alpha value is -3.11. The molecule has 37 heavy (non-hydrogen) atoms. The standard InChI is InChI=1S/C29H14ClIN2O2S2/c30-21-13-18-19(14-22(21)31)27(35)20(26(18)34)11-17-12-24-28(33(17)16-7-2-1-3-8-16)32-29(37-24)25-10-15-6-4-5-9-23(15)36-25/h1-14H/b20-11+. The molecule has 4 nitrogen and oxygen atoms in total. The third-order valence-corrected chi connectivity index (χ3v) is 10.2. The number of carbonyl (C=O) groups excluding carboxylic acids is 2. The van der Waals surface area contributed by atoms with E-state index >= 15 is 0 Å². The molecule has 3 aromatic heterocycles. The number of fused-ring (bicyclic) bond motifs is 3. The molecule has 0 N–H and O–H groups in total. The third-order valence-electron chi connectivity index (χ3n) is 6.37. The SMILES string of the molecule is O=C1/C(=C\c2cc3sc(-c4cc5ccccc5s4)nc3n2-c2ccccc2)C(=O)c2cc(I)c(Cl)cc21. The van der Waals surface area contributed by atoms with E-state index in [1.54, 1.807) is 40.9 Å². The van der Waals surface area contributed by atoms with Gasteiger partial charge in [-0.2, -0.15) is 0 Å². The van der Waals surface area contributed by atoms with Crippen molar-refractivity contribution < 1.29 is 9.59 Å². The fourth-order valence-electron chi connectivity index (χ4n) is 4.64. The number of allylic oxidation sites excluding steroid dienone is 1. The zero-order valence-electron chi connectivity index (χ0n) is 18.9. The predicted octanol–water partition coefficient (Wildman–Crippen LogP) is 8.69. The van der Waals surface area contributed by atoms with E-state index in [1.165, 1.54) is 10.1 Å². The molecule has 0 amide bonds. The molecule has 0 bridgehead atoms. The fraction of sp³-hybridized carbons (Fsp3) is 0. The number of aromatic nitrogens is 2. The minimum atomic E-state index is -0.304. The summed E-state index contributed by atoms with van der Waals surface area (Å²) >= 11 is 11.7. The van der Waals surface area contributed by atoms with Crippen molar-refractivity contribution in [3.8, 4) is 15.6 Å². The number of para-hydroxylation sites is 1. The van der Waals surface area contributed by atoms with Gasteiger partial charge in [0, 0.05) is 25.1 Å². The molecule has 0 fully saturated rings. The van der Waals surface area contributed by atoms with Gasteiger partial charge in [-0.05, 0) is 76.5 Å². The van der Waals surface area contributed by atoms with Crippen LogP contribution in [-0.4, -0.2) is 21.1 Å². The van der Waals surface area contributed by atoms with E-state index in [0.29, 0.717) is 16.1 Å². The number of halogens is 2. The molecule has 0 atom stereocenters. The largest absolute Gasteiger partial charge is 0.294 e. The third kappa shape index (κ3) is 3.72. The van der Waals surface area contributed by atoms with Crippen LogP contribution in [0.15, 0.2) is 84.4 Å². The molecule has 0 aliphatic heterocycles. The first-order valence-electron chi connectivity index (χ1n) is 11.3. The lowest BCUT2D eigenvalue weighted by molar-refractivity contribution is 0.0990. The Bertz CT molecular complexity index is 1870. The molecular formula is C29H14ClIN2O2S2. The summed E-state index contributed by atoms with van der Waals surface area (Å²) in [6.45, 7) is 0. The number of thiophene rings is 1. The molecule has 0 saturated heterocycles. The summed E-state index contributed by atoms with van der Waals surface area (Å²) in [4.78, 5) is 32.6. The molecule has 6 aromatic rings. The summed E-state index contributed by atoms with van der Waals surface area (Å²) in [5, 5.41) is 2.61. The van der Waals surface area contributed by atoms with Crippen LogP contribution in [0, 0.1) is 3.57 Å². The van der Waals surface area contributed by atoms with Crippen molar-refractivity contribution in [2.24, 2.45) is 0 Å². The fourth-order valence-corrected chi connectivity index (χ4v) is 7.38. The first kappa shape index (κ1) is 23.0. The van der Waals surface area contributed by atoms with E-state index in [0.717, 1.165) is 35.2 Å². The quantitative estimate of drug-likeness (QED) is 0.110. The molecule has 1 aliphatic rings. The molecule has 3 aromatic carbocycles. The molecule has 0 spiro atoms. The Morgan fingerprint density at radius 3 is 2.35 bits per heavy atom. The van der Waals surface area contributed by atoms with Gasteiger partial charge in [-0.15, -0.1) is 22.7 Å². The monoisotopic (exact) mass is 648 g/mol. The Kier molecular flexibility index (Phi) is 5.44. The van der Waals surface area contributed by atoms with Crippen LogP contribution < -0.4 is 0 Å². The second-order valence-corrected chi connectivity index (χ2v) is 12.3. The van der Waals surface area contributed by atoms with Crippen LogP contribution in [0.2, 0.25) is 5.02 Å².